The molecule has 0 bridgehead atoms. The number of carboxylic acid groups (broad SMARTS) is 1. The molecule has 0 radical (unpaired) electrons. The van der Waals surface area contributed by atoms with Gasteiger partial charge in [-0.15, -0.1) is 0 Å². The van der Waals surface area contributed by atoms with Gasteiger partial charge in [0.15, 0.2) is 0 Å². The molecule has 6 heteroatoms. The predicted molar refractivity (Wildman–Crippen MR) is 59.6 cm³/mol. The maximum atomic E-state index is 11.5. The van der Waals surface area contributed by atoms with Gasteiger partial charge in [-0.25, -0.2) is 0 Å². The van der Waals surface area contributed by atoms with E-state index in [1.165, 1.54) is 0 Å². The van der Waals surface area contributed by atoms with Gasteiger partial charge in [0.05, 0.1) is 19.1 Å². The number of carbonyl (C=O) groups is 2. The zero-order valence-electron chi connectivity index (χ0n) is 10.1. The largest absolute Gasteiger partial charge is 0.481 e. The number of methoxy groups -OCH3 is 1. The van der Waals surface area contributed by atoms with Crippen LogP contribution in [0.2, 0.25) is 0 Å². The standard InChI is InChI=1S/C11H19NO5/c1-16-5-6-17-4-2-3-12-8-9(11(14)15)7-10(12)13/h9H,2-8H2,1H3,(H,14,15). The molecular weight excluding hydrogens is 226 g/mol. The van der Waals surface area contributed by atoms with E-state index in [1.54, 1.807) is 12.0 Å². The average molecular weight is 245 g/mol. The van der Waals surface area contributed by atoms with Gasteiger partial charge in [-0.1, -0.05) is 0 Å². The lowest BCUT2D eigenvalue weighted by Gasteiger charge is -2.15. The summed E-state index contributed by atoms with van der Waals surface area (Å²) < 4.78 is 10.1. The van der Waals surface area contributed by atoms with Gasteiger partial charge >= 0.3 is 5.97 Å². The first-order valence-corrected chi connectivity index (χ1v) is 5.72. The summed E-state index contributed by atoms with van der Waals surface area (Å²) in [5.41, 5.74) is 0. The number of likely N-dealkylation sites (tertiary alicyclic amines) is 1. The minimum Gasteiger partial charge on any atom is -0.481 e. The van der Waals surface area contributed by atoms with Crippen molar-refractivity contribution in [2.45, 2.75) is 12.8 Å². The highest BCUT2D eigenvalue weighted by Crippen LogP contribution is 2.17. The normalized spacial score (nSPS) is 19.9. The second kappa shape index (κ2) is 7.24. The molecule has 1 aliphatic heterocycles. The summed E-state index contributed by atoms with van der Waals surface area (Å²) in [5.74, 6) is -1.51. The van der Waals surface area contributed by atoms with Crippen LogP contribution in [0.25, 0.3) is 0 Å². The van der Waals surface area contributed by atoms with Crippen LogP contribution in [0.15, 0.2) is 0 Å². The van der Waals surface area contributed by atoms with Crippen molar-refractivity contribution in [1.29, 1.82) is 0 Å². The lowest BCUT2D eigenvalue weighted by molar-refractivity contribution is -0.141. The lowest BCUT2D eigenvalue weighted by Crippen LogP contribution is -2.28. The van der Waals surface area contributed by atoms with Gasteiger partial charge < -0.3 is 19.5 Å². The van der Waals surface area contributed by atoms with Gasteiger partial charge in [0, 0.05) is 33.2 Å². The van der Waals surface area contributed by atoms with Crippen LogP contribution in [0, 0.1) is 5.92 Å². The Balaban J connectivity index is 2.11. The molecule has 1 unspecified atom stereocenters. The minimum atomic E-state index is -0.891. The zero-order valence-corrected chi connectivity index (χ0v) is 10.1. The van der Waals surface area contributed by atoms with Crippen LogP contribution in [-0.4, -0.2) is 61.9 Å². The lowest BCUT2D eigenvalue weighted by atomic mass is 10.1. The van der Waals surface area contributed by atoms with Crippen molar-refractivity contribution in [3.63, 3.8) is 0 Å². The number of amides is 1. The van der Waals surface area contributed by atoms with Crippen molar-refractivity contribution in [3.8, 4) is 0 Å². The molecule has 1 atom stereocenters. The number of nitrogens with zero attached hydrogens (tertiary/aromatic N) is 1. The number of hydrogen-bond acceptors (Lipinski definition) is 4. The quantitative estimate of drug-likeness (QED) is 0.608. The molecule has 1 fully saturated rings. The number of ether oxygens (including phenoxy) is 2. The molecular formula is C11H19NO5. The second-order valence-electron chi connectivity index (χ2n) is 4.04. The summed E-state index contributed by atoms with van der Waals surface area (Å²) >= 11 is 0. The molecule has 17 heavy (non-hydrogen) atoms. The van der Waals surface area contributed by atoms with E-state index in [9.17, 15) is 9.59 Å². The van der Waals surface area contributed by atoms with Crippen molar-refractivity contribution in [3.05, 3.63) is 0 Å². The number of carbonyl (C=O) groups excluding carboxylic acids is 1. The Hall–Kier alpha value is -1.14. The Kier molecular flexibility index (Phi) is 5.93. The SMILES string of the molecule is COCCOCCCN1CC(C(=O)O)CC1=O. The molecule has 1 saturated heterocycles. The third kappa shape index (κ3) is 4.70. The molecule has 0 aromatic carbocycles. The minimum absolute atomic E-state index is 0.0747. The van der Waals surface area contributed by atoms with E-state index in [2.05, 4.69) is 0 Å². The van der Waals surface area contributed by atoms with E-state index in [0.29, 0.717) is 32.9 Å². The number of carboxylic acids is 1. The maximum absolute atomic E-state index is 11.5. The fourth-order valence-corrected chi connectivity index (χ4v) is 1.76. The Labute approximate surface area is 100 Å². The Bertz CT molecular complexity index is 269. The highest BCUT2D eigenvalue weighted by molar-refractivity contribution is 5.86. The van der Waals surface area contributed by atoms with Crippen LogP contribution in [-0.2, 0) is 19.1 Å². The molecule has 98 valence electrons. The molecule has 1 rings (SSSR count). The van der Waals surface area contributed by atoms with Crippen molar-refractivity contribution in [1.82, 2.24) is 4.90 Å². The smallest absolute Gasteiger partial charge is 0.308 e. The summed E-state index contributed by atoms with van der Waals surface area (Å²) in [6, 6.07) is 0. The Morgan fingerprint density at radius 1 is 1.47 bits per heavy atom. The van der Waals surface area contributed by atoms with Crippen LogP contribution in [0.3, 0.4) is 0 Å². The molecule has 0 spiro atoms. The molecule has 1 amide bonds. The molecule has 1 aliphatic rings. The molecule has 0 aromatic heterocycles. The Morgan fingerprint density at radius 3 is 2.82 bits per heavy atom. The van der Waals surface area contributed by atoms with Crippen LogP contribution in [0.5, 0.6) is 0 Å². The predicted octanol–water partition coefficient (Wildman–Crippen LogP) is -0.0274. The number of rotatable bonds is 8. The zero-order chi connectivity index (χ0) is 12.7. The molecule has 1 N–H and O–H groups in total. The van der Waals surface area contributed by atoms with Gasteiger partial charge in [-0.3, -0.25) is 9.59 Å². The van der Waals surface area contributed by atoms with Gasteiger partial charge in [0.1, 0.15) is 0 Å². The van der Waals surface area contributed by atoms with Crippen molar-refractivity contribution < 1.29 is 24.2 Å². The van der Waals surface area contributed by atoms with Crippen LogP contribution in [0.4, 0.5) is 0 Å². The fraction of sp³-hybridized carbons (Fsp3) is 0.818. The maximum Gasteiger partial charge on any atom is 0.308 e. The van der Waals surface area contributed by atoms with E-state index in [-0.39, 0.29) is 12.3 Å². The fourth-order valence-electron chi connectivity index (χ4n) is 1.76. The average Bonchev–Trinajstić information content (AvgIpc) is 2.65. The van der Waals surface area contributed by atoms with Crippen molar-refractivity contribution in [2.75, 3.05) is 40.0 Å². The van der Waals surface area contributed by atoms with E-state index < -0.39 is 11.9 Å². The van der Waals surface area contributed by atoms with Crippen LogP contribution < -0.4 is 0 Å². The summed E-state index contributed by atoms with van der Waals surface area (Å²) in [6.45, 7) is 2.55. The summed E-state index contributed by atoms with van der Waals surface area (Å²) in [5, 5.41) is 8.80. The van der Waals surface area contributed by atoms with E-state index in [4.69, 9.17) is 14.6 Å². The summed E-state index contributed by atoms with van der Waals surface area (Å²) in [4.78, 5) is 23.8. The van der Waals surface area contributed by atoms with E-state index >= 15 is 0 Å². The van der Waals surface area contributed by atoms with E-state index in [1.807, 2.05) is 0 Å². The van der Waals surface area contributed by atoms with Crippen molar-refractivity contribution in [2.24, 2.45) is 5.92 Å². The van der Waals surface area contributed by atoms with Crippen LogP contribution in [0.1, 0.15) is 12.8 Å². The molecule has 0 aliphatic carbocycles. The summed E-state index contributed by atoms with van der Waals surface area (Å²) in [6.07, 6.45) is 0.849. The highest BCUT2D eigenvalue weighted by atomic mass is 16.5. The second-order valence-corrected chi connectivity index (χ2v) is 4.04. The first-order valence-electron chi connectivity index (χ1n) is 5.72. The molecule has 0 aromatic rings. The first-order chi connectivity index (χ1) is 8.15. The number of hydrogen-bond donors (Lipinski definition) is 1. The highest BCUT2D eigenvalue weighted by Gasteiger charge is 2.33. The van der Waals surface area contributed by atoms with Gasteiger partial charge in [-0.05, 0) is 6.42 Å². The van der Waals surface area contributed by atoms with Crippen molar-refractivity contribution >= 4 is 11.9 Å². The molecule has 1 heterocycles. The van der Waals surface area contributed by atoms with Gasteiger partial charge in [0.25, 0.3) is 0 Å². The third-order valence-corrected chi connectivity index (χ3v) is 2.71. The third-order valence-electron chi connectivity index (χ3n) is 2.71. The summed E-state index contributed by atoms with van der Waals surface area (Å²) in [7, 11) is 1.61. The van der Waals surface area contributed by atoms with Gasteiger partial charge in [0.2, 0.25) is 5.91 Å². The molecule has 6 nitrogen and oxygen atoms in total. The van der Waals surface area contributed by atoms with Gasteiger partial charge in [-0.2, -0.15) is 0 Å². The topological polar surface area (TPSA) is 76.1 Å². The Morgan fingerprint density at radius 2 is 2.24 bits per heavy atom. The van der Waals surface area contributed by atoms with Crippen LogP contribution >= 0.6 is 0 Å². The first kappa shape index (κ1) is 13.9. The van der Waals surface area contributed by atoms with E-state index in [0.717, 1.165) is 6.42 Å². The monoisotopic (exact) mass is 245 g/mol. The number of aliphatic carboxylic acids is 1. The molecule has 0 saturated carbocycles.